The lowest BCUT2D eigenvalue weighted by Gasteiger charge is -2.16. The van der Waals surface area contributed by atoms with E-state index in [9.17, 15) is 18.0 Å². The van der Waals surface area contributed by atoms with Crippen LogP contribution in [0.25, 0.3) is 28.0 Å². The van der Waals surface area contributed by atoms with Crippen molar-refractivity contribution >= 4 is 17.0 Å². The highest BCUT2D eigenvalue weighted by Gasteiger charge is 2.20. The Labute approximate surface area is 196 Å². The van der Waals surface area contributed by atoms with Gasteiger partial charge in [0.15, 0.2) is 11.5 Å². The Morgan fingerprint density at radius 2 is 1.74 bits per heavy atom. The van der Waals surface area contributed by atoms with E-state index < -0.39 is 28.7 Å². The molecular weight excluding hydrogens is 459 g/mol. The summed E-state index contributed by atoms with van der Waals surface area (Å²) in [6.07, 6.45) is 0. The number of hydrogen-bond acceptors (Lipinski definition) is 6. The van der Waals surface area contributed by atoms with Gasteiger partial charge in [-0.05, 0) is 55.8 Å². The van der Waals surface area contributed by atoms with Gasteiger partial charge >= 0.3 is 0 Å². The van der Waals surface area contributed by atoms with Gasteiger partial charge in [0.2, 0.25) is 5.95 Å². The SMILES string of the molecule is Cc1nc(CNc2nc(-c3ccc(F)cc3C)c3ccc(=O)n(-c4c(F)cccc4F)c3n2)n[nH]1. The Kier molecular flexibility index (Phi) is 5.51. The second-order valence-corrected chi connectivity index (χ2v) is 7.86. The van der Waals surface area contributed by atoms with E-state index in [1.54, 1.807) is 19.9 Å². The van der Waals surface area contributed by atoms with E-state index in [0.717, 1.165) is 16.7 Å². The first kappa shape index (κ1) is 22.3. The monoisotopic (exact) mass is 477 g/mol. The van der Waals surface area contributed by atoms with Gasteiger partial charge in [0.1, 0.15) is 29.0 Å². The average molecular weight is 477 g/mol. The number of halogens is 3. The average Bonchev–Trinajstić information content (AvgIpc) is 3.23. The van der Waals surface area contributed by atoms with Crippen LogP contribution in [0, 0.1) is 31.3 Å². The Balaban J connectivity index is 1.79. The van der Waals surface area contributed by atoms with Crippen molar-refractivity contribution in [2.45, 2.75) is 20.4 Å². The van der Waals surface area contributed by atoms with E-state index in [-0.39, 0.29) is 18.1 Å². The number of benzene rings is 2. The van der Waals surface area contributed by atoms with Gasteiger partial charge in [-0.1, -0.05) is 6.07 Å². The highest BCUT2D eigenvalue weighted by Crippen LogP contribution is 2.31. The molecule has 3 heterocycles. The first-order valence-corrected chi connectivity index (χ1v) is 10.6. The quantitative estimate of drug-likeness (QED) is 0.393. The van der Waals surface area contributed by atoms with E-state index >= 15 is 0 Å². The summed E-state index contributed by atoms with van der Waals surface area (Å²) >= 11 is 0. The third-order valence-corrected chi connectivity index (χ3v) is 5.40. The van der Waals surface area contributed by atoms with Crippen molar-refractivity contribution in [3.8, 4) is 16.9 Å². The maximum atomic E-state index is 14.7. The summed E-state index contributed by atoms with van der Waals surface area (Å²) in [6, 6.07) is 10.2. The number of hydrogen-bond donors (Lipinski definition) is 2. The zero-order chi connectivity index (χ0) is 24.7. The molecule has 0 saturated heterocycles. The predicted molar refractivity (Wildman–Crippen MR) is 124 cm³/mol. The van der Waals surface area contributed by atoms with Gasteiger partial charge in [-0.2, -0.15) is 10.1 Å². The molecule has 5 aromatic rings. The molecule has 0 aliphatic heterocycles. The molecule has 0 fully saturated rings. The molecule has 0 radical (unpaired) electrons. The molecule has 5 rings (SSSR count). The van der Waals surface area contributed by atoms with E-state index in [1.165, 1.54) is 30.3 Å². The van der Waals surface area contributed by atoms with Crippen LogP contribution < -0.4 is 10.9 Å². The van der Waals surface area contributed by atoms with Crippen molar-refractivity contribution in [1.29, 1.82) is 0 Å². The van der Waals surface area contributed by atoms with Crippen molar-refractivity contribution in [1.82, 2.24) is 29.7 Å². The number of aryl methyl sites for hydroxylation is 2. The largest absolute Gasteiger partial charge is 0.347 e. The third kappa shape index (κ3) is 4.12. The Bertz CT molecular complexity index is 1620. The number of nitrogens with zero attached hydrogens (tertiary/aromatic N) is 5. The summed E-state index contributed by atoms with van der Waals surface area (Å²) in [6.45, 7) is 3.60. The van der Waals surface area contributed by atoms with Crippen molar-refractivity contribution in [2.24, 2.45) is 0 Å². The molecule has 0 spiro atoms. The number of rotatable bonds is 5. The number of nitrogens with one attached hydrogen (secondary N) is 2. The summed E-state index contributed by atoms with van der Waals surface area (Å²) in [4.78, 5) is 26.1. The highest BCUT2D eigenvalue weighted by molar-refractivity contribution is 5.93. The zero-order valence-electron chi connectivity index (χ0n) is 18.6. The van der Waals surface area contributed by atoms with Crippen LogP contribution in [-0.4, -0.2) is 29.7 Å². The number of H-pyrrole nitrogens is 1. The van der Waals surface area contributed by atoms with Crippen LogP contribution in [0.1, 0.15) is 17.2 Å². The minimum absolute atomic E-state index is 0.0242. The minimum atomic E-state index is -0.927. The number of aromatic amines is 1. The topological polar surface area (TPSA) is 101 Å². The van der Waals surface area contributed by atoms with E-state index in [2.05, 4.69) is 30.5 Å². The molecule has 0 aliphatic rings. The Morgan fingerprint density at radius 1 is 0.971 bits per heavy atom. The number of anilines is 1. The molecule has 2 aromatic carbocycles. The predicted octanol–water partition coefficient (Wildman–Crippen LogP) is 4.21. The first-order valence-electron chi connectivity index (χ1n) is 10.6. The molecule has 0 unspecified atom stereocenters. The third-order valence-electron chi connectivity index (χ3n) is 5.40. The van der Waals surface area contributed by atoms with Crippen LogP contribution in [0.4, 0.5) is 19.1 Å². The first-order chi connectivity index (χ1) is 16.8. The molecule has 0 amide bonds. The number of aromatic nitrogens is 6. The van der Waals surface area contributed by atoms with Gasteiger partial charge < -0.3 is 5.32 Å². The number of para-hydroxylation sites is 1. The standard InChI is InChI=1S/C24H18F3N7O/c1-12-10-14(25)6-7-15(12)21-16-8-9-20(35)34(22-17(26)4-3-5-18(22)27)23(16)31-24(30-21)28-11-19-29-13(2)32-33-19/h3-10H,11H2,1-2H3,(H,28,30,31)(H,29,32,33). The van der Waals surface area contributed by atoms with Crippen molar-refractivity contribution in [2.75, 3.05) is 5.32 Å². The van der Waals surface area contributed by atoms with E-state index in [0.29, 0.717) is 33.9 Å². The van der Waals surface area contributed by atoms with Crippen LogP contribution in [0.3, 0.4) is 0 Å². The molecule has 3 aromatic heterocycles. The molecule has 11 heteroatoms. The van der Waals surface area contributed by atoms with Gasteiger partial charge in [0.05, 0.1) is 12.2 Å². The maximum Gasteiger partial charge on any atom is 0.256 e. The second-order valence-electron chi connectivity index (χ2n) is 7.86. The molecule has 0 aliphatic carbocycles. The fourth-order valence-electron chi connectivity index (χ4n) is 3.84. The molecule has 0 saturated carbocycles. The lowest BCUT2D eigenvalue weighted by molar-refractivity contribution is 0.568. The van der Waals surface area contributed by atoms with E-state index in [4.69, 9.17) is 0 Å². The van der Waals surface area contributed by atoms with Crippen molar-refractivity contribution in [3.63, 3.8) is 0 Å². The van der Waals surface area contributed by atoms with Crippen LogP contribution in [-0.2, 0) is 6.54 Å². The normalized spacial score (nSPS) is 11.2. The summed E-state index contributed by atoms with van der Waals surface area (Å²) in [5, 5.41) is 10.1. The Morgan fingerprint density at radius 3 is 2.43 bits per heavy atom. The second kappa shape index (κ2) is 8.67. The van der Waals surface area contributed by atoms with Crippen LogP contribution in [0.5, 0.6) is 0 Å². The molecule has 8 nitrogen and oxygen atoms in total. The fraction of sp³-hybridized carbons (Fsp3) is 0.125. The summed E-state index contributed by atoms with van der Waals surface area (Å²) < 4.78 is 44.1. The molecular formula is C24H18F3N7O. The van der Waals surface area contributed by atoms with Gasteiger partial charge in [-0.25, -0.2) is 23.1 Å². The van der Waals surface area contributed by atoms with Crippen LogP contribution in [0.15, 0.2) is 53.3 Å². The van der Waals surface area contributed by atoms with Crippen molar-refractivity contribution < 1.29 is 13.2 Å². The summed E-state index contributed by atoms with van der Waals surface area (Å²) in [5.41, 5.74) is 0.234. The molecule has 2 N–H and O–H groups in total. The Hall–Kier alpha value is -4.54. The van der Waals surface area contributed by atoms with E-state index in [1.807, 2.05) is 0 Å². The minimum Gasteiger partial charge on any atom is -0.347 e. The summed E-state index contributed by atoms with van der Waals surface area (Å²) in [7, 11) is 0. The number of fused-ring (bicyclic) bond motifs is 1. The number of pyridine rings is 1. The molecule has 176 valence electrons. The fourth-order valence-corrected chi connectivity index (χ4v) is 3.84. The lowest BCUT2D eigenvalue weighted by atomic mass is 10.0. The van der Waals surface area contributed by atoms with Crippen LogP contribution in [0.2, 0.25) is 0 Å². The smallest absolute Gasteiger partial charge is 0.256 e. The van der Waals surface area contributed by atoms with Gasteiger partial charge in [0, 0.05) is 17.0 Å². The van der Waals surface area contributed by atoms with Crippen molar-refractivity contribution in [3.05, 3.63) is 93.5 Å². The molecule has 0 bridgehead atoms. The lowest BCUT2D eigenvalue weighted by Crippen LogP contribution is -2.21. The summed E-state index contributed by atoms with van der Waals surface area (Å²) in [5.74, 6) is -1.15. The molecule has 35 heavy (non-hydrogen) atoms. The zero-order valence-corrected chi connectivity index (χ0v) is 18.6. The maximum absolute atomic E-state index is 14.7. The van der Waals surface area contributed by atoms with Gasteiger partial charge in [-0.3, -0.25) is 14.5 Å². The molecule has 0 atom stereocenters. The van der Waals surface area contributed by atoms with Crippen LogP contribution >= 0.6 is 0 Å². The highest BCUT2D eigenvalue weighted by atomic mass is 19.1. The van der Waals surface area contributed by atoms with Gasteiger partial charge in [0.25, 0.3) is 5.56 Å². The van der Waals surface area contributed by atoms with Gasteiger partial charge in [-0.15, -0.1) is 0 Å².